The van der Waals surface area contributed by atoms with Crippen LogP contribution in [-0.4, -0.2) is 17.6 Å². The first-order valence-electron chi connectivity index (χ1n) is 6.32. The summed E-state index contributed by atoms with van der Waals surface area (Å²) in [5.41, 5.74) is 1.75. The van der Waals surface area contributed by atoms with Crippen molar-refractivity contribution in [3.05, 3.63) is 33.2 Å². The van der Waals surface area contributed by atoms with Gasteiger partial charge in [-0.25, -0.2) is 4.79 Å². The number of carbonyl (C=O) groups is 1. The molecule has 1 aromatic heterocycles. The molecule has 4 heteroatoms. The number of aromatic nitrogens is 1. The van der Waals surface area contributed by atoms with Gasteiger partial charge in [-0.2, -0.15) is 0 Å². The summed E-state index contributed by atoms with van der Waals surface area (Å²) in [6, 6.07) is 1.49. The predicted octanol–water partition coefficient (Wildman–Crippen LogP) is 2.80. The first-order valence-corrected chi connectivity index (χ1v) is 6.32. The predicted molar refractivity (Wildman–Crippen MR) is 71.2 cm³/mol. The van der Waals surface area contributed by atoms with Gasteiger partial charge in [0.25, 0.3) is 0 Å². The number of ether oxygens (including phenoxy) is 1. The Kier molecular flexibility index (Phi) is 4.70. The van der Waals surface area contributed by atoms with Crippen LogP contribution < -0.4 is 5.56 Å². The largest absolute Gasteiger partial charge is 0.462 e. The number of nitrogens with one attached hydrogen (secondary N) is 1. The molecule has 0 spiro atoms. The number of pyridine rings is 1. The lowest BCUT2D eigenvalue weighted by molar-refractivity contribution is 0.0522. The van der Waals surface area contributed by atoms with E-state index < -0.39 is 0 Å². The van der Waals surface area contributed by atoms with Gasteiger partial charge in [-0.3, -0.25) is 4.79 Å². The molecule has 0 amide bonds. The van der Waals surface area contributed by atoms with Crippen molar-refractivity contribution >= 4 is 5.97 Å². The zero-order chi connectivity index (χ0) is 13.9. The third-order valence-corrected chi connectivity index (χ3v) is 2.78. The van der Waals surface area contributed by atoms with Gasteiger partial charge in [0, 0.05) is 11.8 Å². The number of hydrogen-bond donors (Lipinski definition) is 1. The highest BCUT2D eigenvalue weighted by atomic mass is 16.5. The summed E-state index contributed by atoms with van der Waals surface area (Å²) in [5.74, 6) is -0.193. The number of aromatic amines is 1. The summed E-state index contributed by atoms with van der Waals surface area (Å²) < 4.78 is 5.09. The summed E-state index contributed by atoms with van der Waals surface area (Å²) in [5, 5.41) is 0. The lowest BCUT2D eigenvalue weighted by atomic mass is 9.93. The van der Waals surface area contributed by atoms with E-state index in [2.05, 4.69) is 4.98 Å². The quantitative estimate of drug-likeness (QED) is 0.837. The number of esters is 1. The highest BCUT2D eigenvalue weighted by Crippen LogP contribution is 2.25. The van der Waals surface area contributed by atoms with Crippen LogP contribution in [0.25, 0.3) is 0 Å². The first kappa shape index (κ1) is 14.5. The van der Waals surface area contributed by atoms with E-state index in [1.54, 1.807) is 6.92 Å². The van der Waals surface area contributed by atoms with Crippen LogP contribution in [0.5, 0.6) is 0 Å². The van der Waals surface area contributed by atoms with Crippen LogP contribution >= 0.6 is 0 Å². The van der Waals surface area contributed by atoms with Crippen LogP contribution in [0.3, 0.4) is 0 Å². The van der Waals surface area contributed by atoms with Crippen LogP contribution in [0, 0.1) is 0 Å². The molecule has 1 N–H and O–H groups in total. The maximum absolute atomic E-state index is 12.1. The van der Waals surface area contributed by atoms with Crippen molar-refractivity contribution in [1.29, 1.82) is 0 Å². The summed E-state index contributed by atoms with van der Waals surface area (Å²) in [7, 11) is 0. The Balaban J connectivity index is 3.50. The summed E-state index contributed by atoms with van der Waals surface area (Å²) in [6.45, 7) is 9.90. The molecule has 0 atom stereocenters. The van der Waals surface area contributed by atoms with Gasteiger partial charge in [-0.15, -0.1) is 0 Å². The van der Waals surface area contributed by atoms with Crippen LogP contribution in [0.2, 0.25) is 0 Å². The van der Waals surface area contributed by atoms with Gasteiger partial charge in [-0.1, -0.05) is 27.7 Å². The van der Waals surface area contributed by atoms with Crippen molar-refractivity contribution in [2.75, 3.05) is 6.61 Å². The van der Waals surface area contributed by atoms with Gasteiger partial charge in [0.1, 0.15) is 0 Å². The molecule has 0 aliphatic heterocycles. The second-order valence-corrected chi connectivity index (χ2v) is 4.91. The Morgan fingerprint density at radius 1 is 1.28 bits per heavy atom. The molecule has 0 fully saturated rings. The molecule has 0 aromatic carbocycles. The fourth-order valence-electron chi connectivity index (χ4n) is 1.92. The maximum Gasteiger partial charge on any atom is 0.340 e. The molecule has 0 bridgehead atoms. The van der Waals surface area contributed by atoms with Crippen LogP contribution in [0.1, 0.15) is 68.1 Å². The van der Waals surface area contributed by atoms with Crippen molar-refractivity contribution in [1.82, 2.24) is 4.98 Å². The molecule has 0 unspecified atom stereocenters. The third kappa shape index (κ3) is 3.00. The third-order valence-electron chi connectivity index (χ3n) is 2.78. The molecule has 1 aromatic rings. The molecule has 0 saturated carbocycles. The minimum atomic E-state index is -0.360. The van der Waals surface area contributed by atoms with Crippen molar-refractivity contribution in [3.8, 4) is 0 Å². The van der Waals surface area contributed by atoms with Crippen LogP contribution in [0.4, 0.5) is 0 Å². The highest BCUT2D eigenvalue weighted by Gasteiger charge is 2.22. The molecule has 4 nitrogen and oxygen atoms in total. The lowest BCUT2D eigenvalue weighted by Gasteiger charge is -2.17. The average molecular weight is 251 g/mol. The van der Waals surface area contributed by atoms with Gasteiger partial charge in [-0.05, 0) is 24.3 Å². The van der Waals surface area contributed by atoms with Crippen molar-refractivity contribution < 1.29 is 9.53 Å². The number of rotatable bonds is 4. The van der Waals surface area contributed by atoms with Crippen molar-refractivity contribution in [2.45, 2.75) is 46.5 Å². The van der Waals surface area contributed by atoms with E-state index in [1.807, 2.05) is 27.7 Å². The standard InChI is InChI=1S/C14H21NO3/c1-6-18-14(17)12-10(8(2)3)7-11(16)15-13(12)9(4)5/h7-9H,6H2,1-5H3,(H,15,16). The van der Waals surface area contributed by atoms with E-state index in [0.29, 0.717) is 17.9 Å². The molecule has 0 saturated heterocycles. The second kappa shape index (κ2) is 5.85. The van der Waals surface area contributed by atoms with E-state index >= 15 is 0 Å². The summed E-state index contributed by atoms with van der Waals surface area (Å²) in [6.07, 6.45) is 0. The van der Waals surface area contributed by atoms with E-state index in [-0.39, 0.29) is 23.4 Å². The Bertz CT molecular complexity index is 454. The Morgan fingerprint density at radius 3 is 2.33 bits per heavy atom. The average Bonchev–Trinajstić information content (AvgIpc) is 2.27. The molecule has 100 valence electrons. The van der Waals surface area contributed by atoms with Crippen LogP contribution in [0.15, 0.2) is 10.9 Å². The fourth-order valence-corrected chi connectivity index (χ4v) is 1.92. The van der Waals surface area contributed by atoms with Gasteiger partial charge in [0.05, 0.1) is 12.2 Å². The molecule has 0 aliphatic rings. The van der Waals surface area contributed by atoms with Gasteiger partial charge >= 0.3 is 5.97 Å². The molecular formula is C14H21NO3. The van der Waals surface area contributed by atoms with Crippen LogP contribution in [-0.2, 0) is 4.74 Å². The number of H-pyrrole nitrogens is 1. The van der Waals surface area contributed by atoms with Gasteiger partial charge in [0.15, 0.2) is 0 Å². The van der Waals surface area contributed by atoms with Gasteiger partial charge in [0.2, 0.25) is 5.56 Å². The first-order chi connectivity index (χ1) is 8.38. The minimum Gasteiger partial charge on any atom is -0.462 e. The smallest absolute Gasteiger partial charge is 0.340 e. The molecule has 1 heterocycles. The highest BCUT2D eigenvalue weighted by molar-refractivity contribution is 5.92. The Labute approximate surface area is 107 Å². The fraction of sp³-hybridized carbons (Fsp3) is 0.571. The van der Waals surface area contributed by atoms with E-state index in [9.17, 15) is 9.59 Å². The van der Waals surface area contributed by atoms with E-state index in [0.717, 1.165) is 5.56 Å². The normalized spacial score (nSPS) is 11.1. The minimum absolute atomic E-state index is 0.0656. The zero-order valence-electron chi connectivity index (χ0n) is 11.7. The second-order valence-electron chi connectivity index (χ2n) is 4.91. The summed E-state index contributed by atoms with van der Waals surface area (Å²) >= 11 is 0. The molecule has 0 radical (unpaired) electrons. The Morgan fingerprint density at radius 2 is 1.89 bits per heavy atom. The van der Waals surface area contributed by atoms with E-state index in [1.165, 1.54) is 6.07 Å². The SMILES string of the molecule is CCOC(=O)c1c(C(C)C)cc(=O)[nH]c1C(C)C. The molecular weight excluding hydrogens is 230 g/mol. The monoisotopic (exact) mass is 251 g/mol. The molecule has 1 rings (SSSR count). The van der Waals surface area contributed by atoms with Crippen molar-refractivity contribution in [2.24, 2.45) is 0 Å². The number of carbonyl (C=O) groups excluding carboxylic acids is 1. The molecule has 18 heavy (non-hydrogen) atoms. The van der Waals surface area contributed by atoms with Crippen molar-refractivity contribution in [3.63, 3.8) is 0 Å². The number of hydrogen-bond acceptors (Lipinski definition) is 3. The zero-order valence-corrected chi connectivity index (χ0v) is 11.7. The summed E-state index contributed by atoms with van der Waals surface area (Å²) in [4.78, 5) is 26.5. The lowest BCUT2D eigenvalue weighted by Crippen LogP contribution is -2.20. The Hall–Kier alpha value is -1.58. The maximum atomic E-state index is 12.1. The van der Waals surface area contributed by atoms with Gasteiger partial charge < -0.3 is 9.72 Å². The molecule has 0 aliphatic carbocycles. The topological polar surface area (TPSA) is 59.2 Å². The van der Waals surface area contributed by atoms with E-state index in [4.69, 9.17) is 4.74 Å².